The predicted octanol–water partition coefficient (Wildman–Crippen LogP) is 2.55. The van der Waals surface area contributed by atoms with Gasteiger partial charge in [-0.2, -0.15) is 0 Å². The standard InChI is InChI=1S/C9H19BO2Si/c1-6-9-8(3)13(4,5)12-10(9)11-7-2/h6-7H2,1-5H3. The zero-order valence-electron chi connectivity index (χ0n) is 9.31. The Morgan fingerprint density at radius 2 is 2.00 bits per heavy atom. The van der Waals surface area contributed by atoms with Crippen LogP contribution in [0.3, 0.4) is 0 Å². The molecule has 1 heterocycles. The van der Waals surface area contributed by atoms with Gasteiger partial charge in [-0.1, -0.05) is 12.1 Å². The fraction of sp³-hybridized carbons (Fsp3) is 0.778. The Morgan fingerprint density at radius 3 is 2.46 bits per heavy atom. The molecular formula is C9H19BO2Si. The van der Waals surface area contributed by atoms with Crippen molar-refractivity contribution in [2.45, 2.75) is 40.3 Å². The topological polar surface area (TPSA) is 18.5 Å². The SMILES string of the molecule is CCOB1O[Si](C)(C)C(C)=C1CC. The maximum absolute atomic E-state index is 5.95. The molecule has 0 radical (unpaired) electrons. The zero-order valence-corrected chi connectivity index (χ0v) is 10.3. The van der Waals surface area contributed by atoms with Gasteiger partial charge in [0, 0.05) is 6.61 Å². The number of hydrogen-bond donors (Lipinski definition) is 0. The quantitative estimate of drug-likeness (QED) is 0.649. The summed E-state index contributed by atoms with van der Waals surface area (Å²) in [5, 5.41) is 1.47. The molecule has 2 nitrogen and oxygen atoms in total. The van der Waals surface area contributed by atoms with E-state index in [1.54, 1.807) is 0 Å². The second kappa shape index (κ2) is 3.98. The van der Waals surface area contributed by atoms with Crippen molar-refractivity contribution in [3.05, 3.63) is 10.7 Å². The van der Waals surface area contributed by atoms with Crippen LogP contribution in [0.5, 0.6) is 0 Å². The van der Waals surface area contributed by atoms with Gasteiger partial charge in [-0.3, -0.25) is 0 Å². The smallest absolute Gasteiger partial charge is 0.446 e. The van der Waals surface area contributed by atoms with Crippen LogP contribution in [-0.4, -0.2) is 22.0 Å². The minimum Gasteiger partial charge on any atom is -0.446 e. The highest BCUT2D eigenvalue weighted by Crippen LogP contribution is 2.32. The molecule has 0 saturated carbocycles. The minimum atomic E-state index is -1.57. The van der Waals surface area contributed by atoms with E-state index in [-0.39, 0.29) is 7.12 Å². The van der Waals surface area contributed by atoms with Crippen LogP contribution in [0, 0.1) is 0 Å². The summed E-state index contributed by atoms with van der Waals surface area (Å²) in [5.74, 6) is 0. The maximum Gasteiger partial charge on any atom is 0.478 e. The van der Waals surface area contributed by atoms with Crippen LogP contribution in [0.15, 0.2) is 10.7 Å². The van der Waals surface area contributed by atoms with E-state index in [0.29, 0.717) is 0 Å². The largest absolute Gasteiger partial charge is 0.478 e. The summed E-state index contributed by atoms with van der Waals surface area (Å²) < 4.78 is 11.5. The normalized spacial score (nSPS) is 21.5. The Morgan fingerprint density at radius 1 is 1.38 bits per heavy atom. The van der Waals surface area contributed by atoms with Gasteiger partial charge >= 0.3 is 7.12 Å². The first-order valence-electron chi connectivity index (χ1n) is 5.02. The van der Waals surface area contributed by atoms with Gasteiger partial charge in [-0.15, -0.1) is 0 Å². The highest BCUT2D eigenvalue weighted by molar-refractivity contribution is 6.88. The van der Waals surface area contributed by atoms with E-state index in [1.807, 2.05) is 6.92 Å². The van der Waals surface area contributed by atoms with Crippen molar-refractivity contribution in [3.8, 4) is 0 Å². The van der Waals surface area contributed by atoms with Gasteiger partial charge < -0.3 is 9.00 Å². The molecule has 0 aliphatic carbocycles. The van der Waals surface area contributed by atoms with E-state index >= 15 is 0 Å². The molecule has 0 aromatic rings. The van der Waals surface area contributed by atoms with Crippen molar-refractivity contribution in [3.63, 3.8) is 0 Å². The minimum absolute atomic E-state index is 0.0448. The first-order chi connectivity index (χ1) is 6.03. The Kier molecular flexibility index (Phi) is 3.38. The summed E-state index contributed by atoms with van der Waals surface area (Å²) in [6, 6.07) is 0. The lowest BCUT2D eigenvalue weighted by Gasteiger charge is -2.18. The summed E-state index contributed by atoms with van der Waals surface area (Å²) in [4.78, 5) is 0. The second-order valence-corrected chi connectivity index (χ2v) is 7.93. The molecule has 1 aliphatic rings. The van der Waals surface area contributed by atoms with Crippen molar-refractivity contribution in [1.82, 2.24) is 0 Å². The molecule has 0 fully saturated rings. The molecule has 0 amide bonds. The van der Waals surface area contributed by atoms with E-state index in [4.69, 9.17) is 9.00 Å². The molecule has 0 N–H and O–H groups in total. The van der Waals surface area contributed by atoms with E-state index in [2.05, 4.69) is 26.9 Å². The molecule has 0 bridgehead atoms. The molecule has 0 spiro atoms. The van der Waals surface area contributed by atoms with Crippen molar-refractivity contribution in [2.24, 2.45) is 0 Å². The van der Waals surface area contributed by atoms with E-state index in [1.165, 1.54) is 10.7 Å². The third-order valence-corrected chi connectivity index (χ3v) is 5.70. The number of hydrogen-bond acceptors (Lipinski definition) is 2. The van der Waals surface area contributed by atoms with Crippen molar-refractivity contribution in [2.75, 3.05) is 6.61 Å². The van der Waals surface area contributed by atoms with Crippen molar-refractivity contribution < 1.29 is 9.00 Å². The molecule has 1 aliphatic heterocycles. The van der Waals surface area contributed by atoms with Crippen LogP contribution >= 0.6 is 0 Å². The Balaban J connectivity index is 2.84. The van der Waals surface area contributed by atoms with Crippen LogP contribution in [0.4, 0.5) is 0 Å². The molecule has 0 saturated heterocycles. The first-order valence-corrected chi connectivity index (χ1v) is 7.93. The van der Waals surface area contributed by atoms with E-state index in [9.17, 15) is 0 Å². The van der Waals surface area contributed by atoms with Crippen molar-refractivity contribution in [1.29, 1.82) is 0 Å². The molecule has 13 heavy (non-hydrogen) atoms. The molecule has 0 aromatic heterocycles. The highest BCUT2D eigenvalue weighted by Gasteiger charge is 2.42. The van der Waals surface area contributed by atoms with Crippen LogP contribution in [0.2, 0.25) is 13.1 Å². The molecule has 0 aromatic carbocycles. The number of allylic oxidation sites excluding steroid dienone is 2. The van der Waals surface area contributed by atoms with Crippen LogP contribution in [0.1, 0.15) is 27.2 Å². The van der Waals surface area contributed by atoms with Gasteiger partial charge in [-0.05, 0) is 38.8 Å². The predicted molar refractivity (Wildman–Crippen MR) is 58.9 cm³/mol. The maximum atomic E-state index is 5.95. The Bertz CT molecular complexity index is 226. The second-order valence-electron chi connectivity index (χ2n) is 3.92. The first kappa shape index (κ1) is 11.0. The molecule has 4 heteroatoms. The molecular weight excluding hydrogens is 179 g/mol. The molecule has 0 unspecified atom stereocenters. The lowest BCUT2D eigenvalue weighted by Crippen LogP contribution is -2.33. The summed E-state index contributed by atoms with van der Waals surface area (Å²) in [6.45, 7) is 11.6. The third kappa shape index (κ3) is 2.06. The van der Waals surface area contributed by atoms with Gasteiger partial charge in [0.15, 0.2) is 8.32 Å². The van der Waals surface area contributed by atoms with E-state index in [0.717, 1.165) is 13.0 Å². The third-order valence-electron chi connectivity index (χ3n) is 2.77. The highest BCUT2D eigenvalue weighted by atomic mass is 28.4. The van der Waals surface area contributed by atoms with Crippen LogP contribution in [0.25, 0.3) is 0 Å². The fourth-order valence-corrected chi connectivity index (χ4v) is 3.70. The Hall–Kier alpha value is -0.0582. The fourth-order valence-electron chi connectivity index (χ4n) is 1.71. The number of rotatable bonds is 3. The lowest BCUT2D eigenvalue weighted by molar-refractivity contribution is 0.291. The van der Waals surface area contributed by atoms with Gasteiger partial charge in [0.05, 0.1) is 0 Å². The molecule has 1 rings (SSSR count). The van der Waals surface area contributed by atoms with Crippen LogP contribution in [-0.2, 0) is 9.00 Å². The summed E-state index contributed by atoms with van der Waals surface area (Å²) >= 11 is 0. The van der Waals surface area contributed by atoms with Crippen molar-refractivity contribution >= 4 is 15.4 Å². The average Bonchev–Trinajstić information content (AvgIpc) is 2.24. The molecule has 0 atom stereocenters. The summed E-state index contributed by atoms with van der Waals surface area (Å²) in [5.41, 5.74) is 1.37. The van der Waals surface area contributed by atoms with Gasteiger partial charge in [-0.25, -0.2) is 0 Å². The monoisotopic (exact) mass is 198 g/mol. The van der Waals surface area contributed by atoms with Gasteiger partial charge in [0.2, 0.25) is 0 Å². The van der Waals surface area contributed by atoms with Gasteiger partial charge in [0.25, 0.3) is 0 Å². The van der Waals surface area contributed by atoms with Crippen LogP contribution < -0.4 is 0 Å². The summed E-state index contributed by atoms with van der Waals surface area (Å²) in [6.07, 6.45) is 1.05. The average molecular weight is 198 g/mol. The Labute approximate surface area is 82.6 Å². The summed E-state index contributed by atoms with van der Waals surface area (Å²) in [7, 11) is -1.62. The zero-order chi connectivity index (χ0) is 10.1. The molecule has 74 valence electrons. The lowest BCUT2D eigenvalue weighted by atomic mass is 9.77. The van der Waals surface area contributed by atoms with E-state index < -0.39 is 8.32 Å². The van der Waals surface area contributed by atoms with Gasteiger partial charge in [0.1, 0.15) is 0 Å².